The van der Waals surface area contributed by atoms with Crippen molar-refractivity contribution in [1.29, 1.82) is 0 Å². The Bertz CT molecular complexity index is 661. The van der Waals surface area contributed by atoms with Gasteiger partial charge in [-0.25, -0.2) is 0 Å². The van der Waals surface area contributed by atoms with E-state index in [0.717, 1.165) is 0 Å². The summed E-state index contributed by atoms with van der Waals surface area (Å²) in [5.74, 6) is 0.147. The highest BCUT2D eigenvalue weighted by atomic mass is 79.9. The lowest BCUT2D eigenvalue weighted by atomic mass is 10.2. The van der Waals surface area contributed by atoms with Crippen molar-refractivity contribution in [1.82, 2.24) is 20.2 Å². The number of H-pyrrole nitrogens is 2. The quantitative estimate of drug-likeness (QED) is 0.773. The van der Waals surface area contributed by atoms with Crippen LogP contribution in [0, 0.1) is 13.8 Å². The molecule has 0 bridgehead atoms. The van der Waals surface area contributed by atoms with E-state index in [-0.39, 0.29) is 11.5 Å². The van der Waals surface area contributed by atoms with Gasteiger partial charge in [-0.1, -0.05) is 0 Å². The van der Waals surface area contributed by atoms with Crippen molar-refractivity contribution >= 4 is 27.8 Å². The number of nitrogens with zero attached hydrogens (tertiary/aromatic N) is 2. The first-order chi connectivity index (χ1) is 8.47. The van der Waals surface area contributed by atoms with Gasteiger partial charge < -0.3 is 4.98 Å². The third kappa shape index (κ3) is 2.48. The number of pyridine rings is 1. The molecule has 0 aliphatic carbocycles. The number of amides is 1. The summed E-state index contributed by atoms with van der Waals surface area (Å²) in [5, 5.41) is 8.78. The van der Waals surface area contributed by atoms with Crippen LogP contribution in [-0.4, -0.2) is 26.1 Å². The maximum atomic E-state index is 11.9. The van der Waals surface area contributed by atoms with Gasteiger partial charge in [0.1, 0.15) is 11.4 Å². The summed E-state index contributed by atoms with van der Waals surface area (Å²) < 4.78 is 0.651. The molecule has 2 rings (SSSR count). The Morgan fingerprint density at radius 1 is 1.44 bits per heavy atom. The Morgan fingerprint density at radius 2 is 2.17 bits per heavy atom. The van der Waals surface area contributed by atoms with Crippen LogP contribution in [0.5, 0.6) is 0 Å². The number of carbonyl (C=O) groups excluding carboxylic acids is 1. The monoisotopic (exact) mass is 311 g/mol. The van der Waals surface area contributed by atoms with E-state index in [1.807, 2.05) is 0 Å². The maximum Gasteiger partial charge on any atom is 0.263 e. The molecule has 0 atom stereocenters. The van der Waals surface area contributed by atoms with Gasteiger partial charge in [0.05, 0.1) is 0 Å². The Kier molecular flexibility index (Phi) is 3.28. The molecule has 8 heteroatoms. The van der Waals surface area contributed by atoms with E-state index >= 15 is 0 Å². The van der Waals surface area contributed by atoms with Gasteiger partial charge in [-0.3, -0.25) is 20.0 Å². The van der Waals surface area contributed by atoms with E-state index in [4.69, 9.17) is 0 Å². The van der Waals surface area contributed by atoms with Crippen LogP contribution < -0.4 is 10.9 Å². The number of nitrogens with one attached hydrogen (secondary N) is 3. The first-order valence-electron chi connectivity index (χ1n) is 5.07. The zero-order valence-corrected chi connectivity index (χ0v) is 11.3. The molecule has 2 heterocycles. The smallest absolute Gasteiger partial charge is 0.263 e. The predicted molar refractivity (Wildman–Crippen MR) is 68.6 cm³/mol. The van der Waals surface area contributed by atoms with E-state index < -0.39 is 11.5 Å². The molecule has 18 heavy (non-hydrogen) atoms. The van der Waals surface area contributed by atoms with Crippen LogP contribution in [0.1, 0.15) is 21.9 Å². The number of aromatic nitrogens is 4. The first-order valence-corrected chi connectivity index (χ1v) is 5.86. The topological polar surface area (TPSA) is 104 Å². The van der Waals surface area contributed by atoms with Crippen molar-refractivity contribution in [3.8, 4) is 0 Å². The van der Waals surface area contributed by atoms with E-state index in [0.29, 0.717) is 16.0 Å². The van der Waals surface area contributed by atoms with Gasteiger partial charge in [0, 0.05) is 10.2 Å². The van der Waals surface area contributed by atoms with E-state index in [9.17, 15) is 9.59 Å². The van der Waals surface area contributed by atoms with Crippen molar-refractivity contribution in [2.45, 2.75) is 13.8 Å². The van der Waals surface area contributed by atoms with Crippen molar-refractivity contribution in [2.75, 3.05) is 5.32 Å². The van der Waals surface area contributed by atoms with Crippen LogP contribution >= 0.6 is 15.9 Å². The van der Waals surface area contributed by atoms with Gasteiger partial charge in [0.25, 0.3) is 11.5 Å². The summed E-state index contributed by atoms with van der Waals surface area (Å²) in [6.07, 6.45) is 0. The SMILES string of the molecule is Cc1nc(NC(=O)c2cc(Br)c(C)[nH]c2=O)n[nH]1. The van der Waals surface area contributed by atoms with Gasteiger partial charge in [0.15, 0.2) is 0 Å². The fourth-order valence-corrected chi connectivity index (χ4v) is 1.66. The summed E-state index contributed by atoms with van der Waals surface area (Å²) in [6, 6.07) is 1.46. The Labute approximate surface area is 110 Å². The molecule has 0 spiro atoms. The number of rotatable bonds is 2. The molecule has 0 unspecified atom stereocenters. The molecule has 7 nitrogen and oxygen atoms in total. The van der Waals surface area contributed by atoms with Crippen molar-refractivity contribution in [3.63, 3.8) is 0 Å². The van der Waals surface area contributed by atoms with Crippen LogP contribution in [0.15, 0.2) is 15.3 Å². The minimum atomic E-state index is -0.559. The number of carbonyl (C=O) groups is 1. The molecule has 0 fully saturated rings. The lowest BCUT2D eigenvalue weighted by Crippen LogP contribution is -2.24. The number of aryl methyl sites for hydroxylation is 2. The third-order valence-electron chi connectivity index (χ3n) is 2.24. The van der Waals surface area contributed by atoms with Crippen molar-refractivity contribution in [2.24, 2.45) is 0 Å². The van der Waals surface area contributed by atoms with E-state index in [1.165, 1.54) is 6.07 Å². The zero-order chi connectivity index (χ0) is 13.3. The zero-order valence-electron chi connectivity index (χ0n) is 9.67. The van der Waals surface area contributed by atoms with Crippen molar-refractivity contribution in [3.05, 3.63) is 38.0 Å². The van der Waals surface area contributed by atoms with Crippen LogP contribution in [0.25, 0.3) is 0 Å². The molecule has 0 aromatic carbocycles. The third-order valence-corrected chi connectivity index (χ3v) is 3.07. The number of aromatic amines is 2. The standard InChI is InChI=1S/C10H10BrN5O2/c1-4-7(11)3-6(8(17)12-4)9(18)14-10-13-5(2)15-16-10/h3H,1-2H3,(H,12,17)(H2,13,14,15,16,18). The van der Waals surface area contributed by atoms with E-state index in [1.54, 1.807) is 13.8 Å². The summed E-state index contributed by atoms with van der Waals surface area (Å²) in [4.78, 5) is 30.0. The molecule has 2 aromatic rings. The Balaban J connectivity index is 2.29. The lowest BCUT2D eigenvalue weighted by molar-refractivity contribution is 0.102. The molecule has 0 aliphatic heterocycles. The second-order valence-corrected chi connectivity index (χ2v) is 4.54. The second kappa shape index (κ2) is 4.73. The van der Waals surface area contributed by atoms with E-state index in [2.05, 4.69) is 41.4 Å². The number of hydrogen-bond donors (Lipinski definition) is 3. The molecule has 3 N–H and O–H groups in total. The number of anilines is 1. The van der Waals surface area contributed by atoms with Crippen LogP contribution in [0.4, 0.5) is 5.95 Å². The van der Waals surface area contributed by atoms with Gasteiger partial charge in [0.2, 0.25) is 5.95 Å². The van der Waals surface area contributed by atoms with Crippen LogP contribution in [0.2, 0.25) is 0 Å². The van der Waals surface area contributed by atoms with Gasteiger partial charge >= 0.3 is 0 Å². The maximum absolute atomic E-state index is 11.9. The normalized spacial score (nSPS) is 10.4. The minimum Gasteiger partial charge on any atom is -0.325 e. The molecular formula is C10H10BrN5O2. The average molecular weight is 312 g/mol. The van der Waals surface area contributed by atoms with Crippen LogP contribution in [0.3, 0.4) is 0 Å². The van der Waals surface area contributed by atoms with Crippen LogP contribution in [-0.2, 0) is 0 Å². The molecule has 0 saturated carbocycles. The highest BCUT2D eigenvalue weighted by Crippen LogP contribution is 2.13. The summed E-state index contributed by atoms with van der Waals surface area (Å²) in [6.45, 7) is 3.43. The van der Waals surface area contributed by atoms with Gasteiger partial charge in [-0.15, -0.1) is 5.10 Å². The van der Waals surface area contributed by atoms with Crippen molar-refractivity contribution < 1.29 is 4.79 Å². The summed E-state index contributed by atoms with van der Waals surface area (Å²) in [7, 11) is 0. The minimum absolute atomic E-state index is 0.00470. The molecule has 0 saturated heterocycles. The largest absolute Gasteiger partial charge is 0.325 e. The lowest BCUT2D eigenvalue weighted by Gasteiger charge is -2.02. The molecular weight excluding hydrogens is 302 g/mol. The fraction of sp³-hybridized carbons (Fsp3) is 0.200. The fourth-order valence-electron chi connectivity index (χ4n) is 1.33. The van der Waals surface area contributed by atoms with Gasteiger partial charge in [-0.05, 0) is 35.8 Å². The predicted octanol–water partition coefficient (Wildman–Crippen LogP) is 1.12. The second-order valence-electron chi connectivity index (χ2n) is 3.68. The molecule has 0 radical (unpaired) electrons. The number of hydrogen-bond acceptors (Lipinski definition) is 4. The number of halogens is 1. The first kappa shape index (κ1) is 12.5. The Hall–Kier alpha value is -1.96. The molecule has 1 amide bonds. The summed E-state index contributed by atoms with van der Waals surface area (Å²) in [5.41, 5.74) is 0.195. The summed E-state index contributed by atoms with van der Waals surface area (Å²) >= 11 is 3.25. The Morgan fingerprint density at radius 3 is 2.78 bits per heavy atom. The highest BCUT2D eigenvalue weighted by Gasteiger charge is 2.14. The van der Waals surface area contributed by atoms with Gasteiger partial charge in [-0.2, -0.15) is 4.98 Å². The highest BCUT2D eigenvalue weighted by molar-refractivity contribution is 9.10. The average Bonchev–Trinajstić information content (AvgIpc) is 2.69. The molecule has 0 aliphatic rings. The molecule has 2 aromatic heterocycles. The molecule has 94 valence electrons.